The molecule has 0 radical (unpaired) electrons. The van der Waals surface area contributed by atoms with Crippen molar-refractivity contribution in [2.75, 3.05) is 17.7 Å². The molecule has 0 bridgehead atoms. The molecule has 104 valence electrons. The lowest BCUT2D eigenvalue weighted by Crippen LogP contribution is -2.15. The Morgan fingerprint density at radius 2 is 2.25 bits per heavy atom. The van der Waals surface area contributed by atoms with Gasteiger partial charge >= 0.3 is 0 Å². The van der Waals surface area contributed by atoms with Crippen LogP contribution in [0.4, 0.5) is 17.3 Å². The van der Waals surface area contributed by atoms with E-state index in [9.17, 15) is 14.9 Å². The summed E-state index contributed by atoms with van der Waals surface area (Å²) in [6, 6.07) is 2.78. The first-order valence-electron chi connectivity index (χ1n) is 5.64. The minimum Gasteiger partial charge on any atom is -0.372 e. The van der Waals surface area contributed by atoms with Crippen LogP contribution in [0.2, 0.25) is 0 Å². The van der Waals surface area contributed by atoms with Gasteiger partial charge in [0, 0.05) is 32.4 Å². The minimum absolute atomic E-state index is 0.0763. The molecular weight excluding hydrogens is 264 g/mol. The smallest absolute Gasteiger partial charge is 0.288 e. The molecule has 0 aliphatic heterocycles. The molecule has 2 aromatic rings. The Kier molecular flexibility index (Phi) is 3.60. The first kappa shape index (κ1) is 13.5. The largest absolute Gasteiger partial charge is 0.372 e. The standard InChI is InChI=1S/C11H12N6O3/c1-12-10-8(5-7(6-13-10)17(19)20)11(18)14-9-3-4-16(2)15-9/h3-6H,1-2H3,(H,12,13)(H,14,15,18). The van der Waals surface area contributed by atoms with E-state index < -0.39 is 10.8 Å². The Hall–Kier alpha value is -2.97. The van der Waals surface area contributed by atoms with Gasteiger partial charge in [-0.15, -0.1) is 0 Å². The molecule has 9 nitrogen and oxygen atoms in total. The highest BCUT2D eigenvalue weighted by molar-refractivity contribution is 6.07. The molecule has 2 aromatic heterocycles. The van der Waals surface area contributed by atoms with Gasteiger partial charge in [-0.25, -0.2) is 4.98 Å². The number of nitro groups is 1. The summed E-state index contributed by atoms with van der Waals surface area (Å²) in [5, 5.41) is 20.0. The summed E-state index contributed by atoms with van der Waals surface area (Å²) in [5.41, 5.74) is -0.178. The van der Waals surface area contributed by atoms with E-state index in [0.717, 1.165) is 12.3 Å². The normalized spacial score (nSPS) is 10.1. The van der Waals surface area contributed by atoms with Crippen molar-refractivity contribution < 1.29 is 9.72 Å². The summed E-state index contributed by atoms with van der Waals surface area (Å²) in [5.74, 6) is 0.0827. The molecule has 1 amide bonds. The first-order chi connectivity index (χ1) is 9.51. The fraction of sp³-hybridized carbons (Fsp3) is 0.182. The van der Waals surface area contributed by atoms with Gasteiger partial charge in [0.2, 0.25) is 0 Å². The van der Waals surface area contributed by atoms with Gasteiger partial charge in [-0.05, 0) is 0 Å². The maximum atomic E-state index is 12.1. The van der Waals surface area contributed by atoms with Crippen LogP contribution in [0.15, 0.2) is 24.5 Å². The first-order valence-corrected chi connectivity index (χ1v) is 5.64. The Bertz CT molecular complexity index is 666. The fourth-order valence-corrected chi connectivity index (χ4v) is 1.59. The zero-order chi connectivity index (χ0) is 14.7. The summed E-state index contributed by atoms with van der Waals surface area (Å²) in [7, 11) is 3.29. The van der Waals surface area contributed by atoms with Crippen molar-refractivity contribution in [1.29, 1.82) is 0 Å². The fourth-order valence-electron chi connectivity index (χ4n) is 1.59. The second-order valence-electron chi connectivity index (χ2n) is 3.93. The lowest BCUT2D eigenvalue weighted by Gasteiger charge is -2.07. The molecule has 0 fully saturated rings. The van der Waals surface area contributed by atoms with E-state index in [1.165, 1.54) is 4.68 Å². The maximum absolute atomic E-state index is 12.1. The van der Waals surface area contributed by atoms with E-state index >= 15 is 0 Å². The summed E-state index contributed by atoms with van der Waals surface area (Å²) < 4.78 is 1.53. The molecule has 0 saturated carbocycles. The summed E-state index contributed by atoms with van der Waals surface area (Å²) in [4.78, 5) is 26.1. The molecular formula is C11H12N6O3. The lowest BCUT2D eigenvalue weighted by atomic mass is 10.2. The monoisotopic (exact) mass is 276 g/mol. The van der Waals surface area contributed by atoms with E-state index in [2.05, 4.69) is 20.7 Å². The van der Waals surface area contributed by atoms with Gasteiger partial charge in [-0.3, -0.25) is 19.6 Å². The third kappa shape index (κ3) is 2.71. The van der Waals surface area contributed by atoms with Gasteiger partial charge in [0.25, 0.3) is 11.6 Å². The van der Waals surface area contributed by atoms with Crippen LogP contribution in [0.1, 0.15) is 10.4 Å². The van der Waals surface area contributed by atoms with Crippen LogP contribution in [0.3, 0.4) is 0 Å². The van der Waals surface area contributed by atoms with Crippen molar-refractivity contribution in [2.45, 2.75) is 0 Å². The van der Waals surface area contributed by atoms with Crippen molar-refractivity contribution >= 4 is 23.2 Å². The number of hydrogen-bond donors (Lipinski definition) is 2. The number of amides is 1. The number of rotatable bonds is 4. The van der Waals surface area contributed by atoms with Crippen LogP contribution in [0, 0.1) is 10.1 Å². The molecule has 20 heavy (non-hydrogen) atoms. The van der Waals surface area contributed by atoms with Crippen molar-refractivity contribution in [2.24, 2.45) is 7.05 Å². The number of anilines is 2. The molecule has 2 rings (SSSR count). The lowest BCUT2D eigenvalue weighted by molar-refractivity contribution is -0.385. The highest BCUT2D eigenvalue weighted by Crippen LogP contribution is 2.19. The molecule has 2 heterocycles. The van der Waals surface area contributed by atoms with Gasteiger partial charge in [0.1, 0.15) is 12.0 Å². The SMILES string of the molecule is CNc1ncc([N+](=O)[O-])cc1C(=O)Nc1ccn(C)n1. The number of nitrogens with zero attached hydrogens (tertiary/aromatic N) is 4. The van der Waals surface area contributed by atoms with E-state index in [0.29, 0.717) is 5.82 Å². The number of pyridine rings is 1. The Labute approximate surface area is 113 Å². The van der Waals surface area contributed by atoms with E-state index in [-0.39, 0.29) is 17.1 Å². The number of aryl methyl sites for hydroxylation is 1. The molecule has 0 aromatic carbocycles. The van der Waals surface area contributed by atoms with Crippen molar-refractivity contribution in [3.8, 4) is 0 Å². The van der Waals surface area contributed by atoms with Crippen LogP contribution in [0.5, 0.6) is 0 Å². The molecule has 0 spiro atoms. The topological polar surface area (TPSA) is 115 Å². The quantitative estimate of drug-likeness (QED) is 0.636. The number of nitrogens with one attached hydrogen (secondary N) is 2. The Balaban J connectivity index is 2.32. The number of carbonyl (C=O) groups is 1. The molecule has 0 unspecified atom stereocenters. The third-order valence-corrected chi connectivity index (χ3v) is 2.52. The number of hydrogen-bond acceptors (Lipinski definition) is 6. The number of aromatic nitrogens is 3. The zero-order valence-electron chi connectivity index (χ0n) is 10.8. The zero-order valence-corrected chi connectivity index (χ0v) is 10.8. The predicted octanol–water partition coefficient (Wildman–Crippen LogP) is 1.02. The predicted molar refractivity (Wildman–Crippen MR) is 71.6 cm³/mol. The molecule has 0 aliphatic rings. The second-order valence-corrected chi connectivity index (χ2v) is 3.93. The van der Waals surface area contributed by atoms with Gasteiger partial charge in [-0.2, -0.15) is 5.10 Å². The average Bonchev–Trinajstić information content (AvgIpc) is 2.83. The third-order valence-electron chi connectivity index (χ3n) is 2.52. The highest BCUT2D eigenvalue weighted by atomic mass is 16.6. The second kappa shape index (κ2) is 5.34. The van der Waals surface area contributed by atoms with E-state index in [1.807, 2.05) is 0 Å². The minimum atomic E-state index is -0.607. The van der Waals surface area contributed by atoms with Crippen molar-refractivity contribution in [3.63, 3.8) is 0 Å². The van der Waals surface area contributed by atoms with Crippen LogP contribution in [-0.2, 0) is 7.05 Å². The highest BCUT2D eigenvalue weighted by Gasteiger charge is 2.18. The summed E-state index contributed by atoms with van der Waals surface area (Å²) in [6.45, 7) is 0. The van der Waals surface area contributed by atoms with Crippen LogP contribution >= 0.6 is 0 Å². The van der Waals surface area contributed by atoms with E-state index in [1.54, 1.807) is 26.4 Å². The number of carbonyl (C=O) groups excluding carboxylic acids is 1. The molecule has 9 heteroatoms. The average molecular weight is 276 g/mol. The van der Waals surface area contributed by atoms with Gasteiger partial charge in [0.15, 0.2) is 5.82 Å². The molecule has 0 atom stereocenters. The Morgan fingerprint density at radius 3 is 2.80 bits per heavy atom. The molecule has 0 aliphatic carbocycles. The van der Waals surface area contributed by atoms with Crippen molar-refractivity contribution in [3.05, 3.63) is 40.2 Å². The van der Waals surface area contributed by atoms with Crippen molar-refractivity contribution in [1.82, 2.24) is 14.8 Å². The van der Waals surface area contributed by atoms with Crippen LogP contribution < -0.4 is 10.6 Å². The van der Waals surface area contributed by atoms with Crippen LogP contribution in [-0.4, -0.2) is 32.6 Å². The summed E-state index contributed by atoms with van der Waals surface area (Å²) in [6.07, 6.45) is 2.75. The van der Waals surface area contributed by atoms with Crippen LogP contribution in [0.25, 0.3) is 0 Å². The van der Waals surface area contributed by atoms with E-state index in [4.69, 9.17) is 0 Å². The van der Waals surface area contributed by atoms with Gasteiger partial charge < -0.3 is 10.6 Å². The van der Waals surface area contributed by atoms with Gasteiger partial charge in [-0.1, -0.05) is 0 Å². The van der Waals surface area contributed by atoms with Gasteiger partial charge in [0.05, 0.1) is 10.5 Å². The molecule has 2 N–H and O–H groups in total. The maximum Gasteiger partial charge on any atom is 0.288 e. The summed E-state index contributed by atoms with van der Waals surface area (Å²) >= 11 is 0. The molecule has 0 saturated heterocycles. The Morgan fingerprint density at radius 1 is 1.50 bits per heavy atom.